The van der Waals surface area contributed by atoms with Crippen LogP contribution in [0.25, 0.3) is 0 Å². The van der Waals surface area contributed by atoms with Crippen LogP contribution in [0, 0.1) is 17.3 Å². The normalized spacial score (nSPS) is 19.9. The lowest BCUT2D eigenvalue weighted by Gasteiger charge is -2.34. The van der Waals surface area contributed by atoms with Gasteiger partial charge in [-0.1, -0.05) is 46.6 Å². The van der Waals surface area contributed by atoms with Crippen molar-refractivity contribution < 1.29 is 0 Å². The van der Waals surface area contributed by atoms with Gasteiger partial charge in [0.15, 0.2) is 0 Å². The first-order chi connectivity index (χ1) is 9.52. The van der Waals surface area contributed by atoms with E-state index in [9.17, 15) is 0 Å². The van der Waals surface area contributed by atoms with Crippen LogP contribution in [0.2, 0.25) is 0 Å². The molecule has 0 amide bonds. The molecule has 0 spiro atoms. The van der Waals surface area contributed by atoms with Gasteiger partial charge in [0.2, 0.25) is 0 Å². The van der Waals surface area contributed by atoms with E-state index in [2.05, 4.69) is 50.5 Å². The van der Waals surface area contributed by atoms with Crippen molar-refractivity contribution in [3.63, 3.8) is 0 Å². The van der Waals surface area contributed by atoms with Crippen molar-refractivity contribution in [3.05, 3.63) is 22.4 Å². The second kappa shape index (κ2) is 7.09. The summed E-state index contributed by atoms with van der Waals surface area (Å²) < 4.78 is 0. The van der Waals surface area contributed by atoms with E-state index < -0.39 is 0 Å². The van der Waals surface area contributed by atoms with Crippen LogP contribution in [0.1, 0.15) is 70.7 Å². The maximum absolute atomic E-state index is 3.92. The van der Waals surface area contributed by atoms with Crippen LogP contribution in [0.5, 0.6) is 0 Å². The Bertz CT molecular complexity index is 374. The minimum absolute atomic E-state index is 0.527. The Balaban J connectivity index is 2.00. The minimum Gasteiger partial charge on any atom is -0.308 e. The SMILES string of the molecule is CC(C)CC1(CNC(c2cccs2)C(C)C)CCCC1. The third kappa shape index (κ3) is 4.08. The summed E-state index contributed by atoms with van der Waals surface area (Å²) in [5.74, 6) is 1.47. The summed E-state index contributed by atoms with van der Waals surface area (Å²) >= 11 is 1.89. The third-order valence-corrected chi connectivity index (χ3v) is 5.67. The highest BCUT2D eigenvalue weighted by molar-refractivity contribution is 7.10. The molecular weight excluding hydrogens is 262 g/mol. The van der Waals surface area contributed by atoms with Crippen LogP contribution in [0.15, 0.2) is 17.5 Å². The highest BCUT2D eigenvalue weighted by Gasteiger charge is 2.35. The fourth-order valence-electron chi connectivity index (χ4n) is 3.90. The van der Waals surface area contributed by atoms with Crippen molar-refractivity contribution in [1.82, 2.24) is 5.32 Å². The van der Waals surface area contributed by atoms with Crippen LogP contribution >= 0.6 is 11.3 Å². The highest BCUT2D eigenvalue weighted by Crippen LogP contribution is 2.43. The van der Waals surface area contributed by atoms with Gasteiger partial charge in [0, 0.05) is 17.5 Å². The topological polar surface area (TPSA) is 12.0 Å². The van der Waals surface area contributed by atoms with Crippen molar-refractivity contribution in [1.29, 1.82) is 0 Å². The number of nitrogens with one attached hydrogen (secondary N) is 1. The summed E-state index contributed by atoms with van der Waals surface area (Å²) in [5.41, 5.74) is 0.568. The lowest BCUT2D eigenvalue weighted by atomic mass is 9.78. The van der Waals surface area contributed by atoms with Gasteiger partial charge in [0.05, 0.1) is 0 Å². The van der Waals surface area contributed by atoms with Crippen molar-refractivity contribution in [2.24, 2.45) is 17.3 Å². The molecule has 0 saturated heterocycles. The molecular formula is C18H31NS. The Morgan fingerprint density at radius 1 is 1.20 bits per heavy atom. The maximum Gasteiger partial charge on any atom is 0.0438 e. The first-order valence-corrected chi connectivity index (χ1v) is 9.17. The van der Waals surface area contributed by atoms with Crippen molar-refractivity contribution in [3.8, 4) is 0 Å². The molecule has 2 rings (SSSR count). The molecule has 1 N–H and O–H groups in total. The molecule has 1 aliphatic rings. The summed E-state index contributed by atoms with van der Waals surface area (Å²) in [5, 5.41) is 6.12. The van der Waals surface area contributed by atoms with E-state index in [0.717, 1.165) is 5.92 Å². The quantitative estimate of drug-likeness (QED) is 0.686. The van der Waals surface area contributed by atoms with E-state index in [4.69, 9.17) is 0 Å². The van der Waals surface area contributed by atoms with E-state index in [0.29, 0.717) is 17.4 Å². The first kappa shape index (κ1) is 16.0. The summed E-state index contributed by atoms with van der Waals surface area (Å²) in [6.07, 6.45) is 7.09. The lowest BCUT2D eigenvalue weighted by molar-refractivity contribution is 0.207. The van der Waals surface area contributed by atoms with Crippen molar-refractivity contribution in [2.75, 3.05) is 6.54 Å². The average Bonchev–Trinajstić information content (AvgIpc) is 3.00. The molecule has 1 saturated carbocycles. The molecule has 0 radical (unpaired) electrons. The van der Waals surface area contributed by atoms with Crippen LogP contribution in [-0.4, -0.2) is 6.54 Å². The van der Waals surface area contributed by atoms with Gasteiger partial charge in [-0.25, -0.2) is 0 Å². The van der Waals surface area contributed by atoms with E-state index in [1.54, 1.807) is 0 Å². The van der Waals surface area contributed by atoms with E-state index in [-0.39, 0.29) is 0 Å². The second-order valence-electron chi connectivity index (χ2n) is 7.42. The first-order valence-electron chi connectivity index (χ1n) is 8.29. The van der Waals surface area contributed by atoms with E-state index >= 15 is 0 Å². The molecule has 1 aromatic heterocycles. The Kier molecular flexibility index (Phi) is 5.68. The average molecular weight is 294 g/mol. The van der Waals surface area contributed by atoms with Crippen LogP contribution in [0.4, 0.5) is 0 Å². The third-order valence-electron chi connectivity index (χ3n) is 4.72. The number of rotatable bonds is 7. The molecule has 1 aromatic rings. The van der Waals surface area contributed by atoms with E-state index in [1.165, 1.54) is 43.5 Å². The molecule has 20 heavy (non-hydrogen) atoms. The molecule has 0 aromatic carbocycles. The highest BCUT2D eigenvalue weighted by atomic mass is 32.1. The lowest BCUT2D eigenvalue weighted by Crippen LogP contribution is -2.37. The molecule has 1 atom stereocenters. The smallest absolute Gasteiger partial charge is 0.0438 e. The molecule has 114 valence electrons. The van der Waals surface area contributed by atoms with Gasteiger partial charge in [-0.15, -0.1) is 11.3 Å². The van der Waals surface area contributed by atoms with Gasteiger partial charge < -0.3 is 5.32 Å². The van der Waals surface area contributed by atoms with Gasteiger partial charge in [0.25, 0.3) is 0 Å². The van der Waals surface area contributed by atoms with Gasteiger partial charge in [0.1, 0.15) is 0 Å². The predicted octanol–water partition coefficient (Wildman–Crippen LogP) is 5.64. The van der Waals surface area contributed by atoms with Gasteiger partial charge in [-0.2, -0.15) is 0 Å². The Morgan fingerprint density at radius 3 is 2.40 bits per heavy atom. The van der Waals surface area contributed by atoms with E-state index in [1.807, 2.05) is 11.3 Å². The molecule has 1 aliphatic carbocycles. The fourth-order valence-corrected chi connectivity index (χ4v) is 4.88. The molecule has 1 heterocycles. The summed E-state index contributed by atoms with van der Waals surface area (Å²) in [6, 6.07) is 4.99. The van der Waals surface area contributed by atoms with Gasteiger partial charge in [-0.05, 0) is 48.0 Å². The van der Waals surface area contributed by atoms with Crippen LogP contribution < -0.4 is 5.32 Å². The standard InChI is InChI=1S/C18H31NS/c1-14(2)12-18(9-5-6-10-18)13-19-17(15(3)4)16-8-7-11-20-16/h7-8,11,14-15,17,19H,5-6,9-10,12-13H2,1-4H3. The monoisotopic (exact) mass is 293 g/mol. The number of hydrogen-bond donors (Lipinski definition) is 1. The summed E-state index contributed by atoms with van der Waals surface area (Å²) in [4.78, 5) is 1.50. The zero-order valence-electron chi connectivity index (χ0n) is 13.6. The molecule has 2 heteroatoms. The van der Waals surface area contributed by atoms with Crippen molar-refractivity contribution >= 4 is 11.3 Å². The van der Waals surface area contributed by atoms with Crippen LogP contribution in [-0.2, 0) is 0 Å². The van der Waals surface area contributed by atoms with Gasteiger partial charge >= 0.3 is 0 Å². The number of thiophene rings is 1. The maximum atomic E-state index is 3.92. The zero-order valence-corrected chi connectivity index (χ0v) is 14.4. The Morgan fingerprint density at radius 2 is 1.90 bits per heavy atom. The summed E-state index contributed by atoms with van der Waals surface area (Å²) in [6.45, 7) is 10.6. The van der Waals surface area contributed by atoms with Crippen LogP contribution in [0.3, 0.4) is 0 Å². The Labute approximate surface area is 129 Å². The minimum atomic E-state index is 0.527. The number of hydrogen-bond acceptors (Lipinski definition) is 2. The van der Waals surface area contributed by atoms with Crippen molar-refractivity contribution in [2.45, 2.75) is 65.8 Å². The largest absolute Gasteiger partial charge is 0.308 e. The predicted molar refractivity (Wildman–Crippen MR) is 90.3 cm³/mol. The molecule has 0 aliphatic heterocycles. The fraction of sp³-hybridized carbons (Fsp3) is 0.778. The molecule has 1 fully saturated rings. The molecule has 1 unspecified atom stereocenters. The second-order valence-corrected chi connectivity index (χ2v) is 8.40. The summed E-state index contributed by atoms with van der Waals surface area (Å²) in [7, 11) is 0. The molecule has 1 nitrogen and oxygen atoms in total. The Hall–Kier alpha value is -0.340. The molecule has 0 bridgehead atoms. The van der Waals surface area contributed by atoms with Gasteiger partial charge in [-0.3, -0.25) is 0 Å². The zero-order chi connectivity index (χ0) is 14.6.